The second kappa shape index (κ2) is 10.6. The molecule has 0 saturated carbocycles. The molecule has 0 fully saturated rings. The fraction of sp³-hybridized carbons (Fsp3) is 0.208. The van der Waals surface area contributed by atoms with E-state index >= 15 is 0 Å². The maximum absolute atomic E-state index is 13.2. The summed E-state index contributed by atoms with van der Waals surface area (Å²) in [7, 11) is 1.61. The second-order valence-corrected chi connectivity index (χ2v) is 8.18. The first-order chi connectivity index (χ1) is 15.0. The first-order valence-corrected chi connectivity index (χ1v) is 10.7. The van der Waals surface area contributed by atoms with Gasteiger partial charge in [-0.2, -0.15) is 0 Å². The molecule has 0 saturated heterocycles. The number of carbonyl (C=O) groups is 2. The van der Waals surface area contributed by atoms with Gasteiger partial charge in [0.05, 0.1) is 18.9 Å². The molecular formula is C24H25N3O3S. The summed E-state index contributed by atoms with van der Waals surface area (Å²) in [6.45, 7) is 6.18. The van der Waals surface area contributed by atoms with Gasteiger partial charge in [0.25, 0.3) is 5.91 Å². The summed E-state index contributed by atoms with van der Waals surface area (Å²) in [5.74, 6) is 0.415. The molecule has 31 heavy (non-hydrogen) atoms. The number of nitrogens with one attached hydrogen (secondary N) is 1. The van der Waals surface area contributed by atoms with E-state index in [0.29, 0.717) is 24.0 Å². The number of thioether (sulfide) groups is 1. The highest BCUT2D eigenvalue weighted by molar-refractivity contribution is 8.14. The number of hydrogen-bond donors (Lipinski definition) is 1. The van der Waals surface area contributed by atoms with Gasteiger partial charge in [0, 0.05) is 6.54 Å². The third kappa shape index (κ3) is 5.86. The summed E-state index contributed by atoms with van der Waals surface area (Å²) in [5.41, 5.74) is 2.16. The molecule has 2 aromatic carbocycles. The quantitative estimate of drug-likeness (QED) is 0.505. The minimum Gasteiger partial charge on any atom is -0.497 e. The molecular weight excluding hydrogens is 410 g/mol. The molecule has 0 bridgehead atoms. The van der Waals surface area contributed by atoms with Crippen LogP contribution in [0, 0.1) is 0 Å². The molecule has 7 heteroatoms. The Morgan fingerprint density at radius 1 is 1.23 bits per heavy atom. The van der Waals surface area contributed by atoms with Gasteiger partial charge in [-0.15, -0.1) is 6.58 Å². The van der Waals surface area contributed by atoms with Crippen LogP contribution in [0.25, 0.3) is 6.08 Å². The van der Waals surface area contributed by atoms with Crippen LogP contribution in [0.4, 0.5) is 0 Å². The second-order valence-electron chi connectivity index (χ2n) is 6.87. The van der Waals surface area contributed by atoms with Crippen LogP contribution >= 0.6 is 11.8 Å². The molecule has 160 valence electrons. The molecule has 1 atom stereocenters. The molecule has 1 heterocycles. The van der Waals surface area contributed by atoms with Crippen molar-refractivity contribution >= 4 is 34.8 Å². The Bertz CT molecular complexity index is 1000. The third-order valence-corrected chi connectivity index (χ3v) is 5.68. The lowest BCUT2D eigenvalue weighted by molar-refractivity contribution is -0.123. The monoisotopic (exact) mass is 435 g/mol. The molecule has 1 N–H and O–H groups in total. The number of rotatable bonds is 8. The Labute approximate surface area is 186 Å². The minimum absolute atomic E-state index is 0.132. The predicted molar refractivity (Wildman–Crippen MR) is 126 cm³/mol. The lowest BCUT2D eigenvalue weighted by atomic mass is 10.1. The zero-order valence-corrected chi connectivity index (χ0v) is 18.4. The van der Waals surface area contributed by atoms with E-state index in [9.17, 15) is 9.59 Å². The molecule has 3 rings (SSSR count). The van der Waals surface area contributed by atoms with Crippen molar-refractivity contribution in [2.24, 2.45) is 4.99 Å². The first-order valence-electron chi connectivity index (χ1n) is 9.87. The van der Waals surface area contributed by atoms with E-state index < -0.39 is 5.25 Å². The number of amidine groups is 1. The fourth-order valence-electron chi connectivity index (χ4n) is 2.91. The summed E-state index contributed by atoms with van der Waals surface area (Å²) >= 11 is 1.27. The summed E-state index contributed by atoms with van der Waals surface area (Å²) in [5, 5.41) is 2.88. The van der Waals surface area contributed by atoms with Crippen molar-refractivity contribution in [2.75, 3.05) is 13.7 Å². The Kier molecular flexibility index (Phi) is 7.67. The van der Waals surface area contributed by atoms with Crippen LogP contribution in [0.5, 0.6) is 5.75 Å². The normalized spacial score (nSPS) is 15.5. The van der Waals surface area contributed by atoms with Crippen LogP contribution in [0.2, 0.25) is 0 Å². The maximum atomic E-state index is 13.2. The van der Waals surface area contributed by atoms with Gasteiger partial charge in [0.2, 0.25) is 5.91 Å². The zero-order chi connectivity index (χ0) is 22.2. The van der Waals surface area contributed by atoms with E-state index in [1.165, 1.54) is 11.8 Å². The van der Waals surface area contributed by atoms with E-state index in [1.54, 1.807) is 31.1 Å². The molecule has 2 aromatic rings. The van der Waals surface area contributed by atoms with E-state index in [0.717, 1.165) is 16.9 Å². The van der Waals surface area contributed by atoms with Crippen molar-refractivity contribution in [3.63, 3.8) is 0 Å². The number of hydrogen-bond acceptors (Lipinski definition) is 5. The van der Waals surface area contributed by atoms with Crippen molar-refractivity contribution in [3.05, 3.63) is 84.1 Å². The van der Waals surface area contributed by atoms with Crippen molar-refractivity contribution in [3.8, 4) is 5.75 Å². The van der Waals surface area contributed by atoms with Crippen LogP contribution in [0.3, 0.4) is 0 Å². The van der Waals surface area contributed by atoms with Gasteiger partial charge < -0.3 is 10.1 Å². The highest BCUT2D eigenvalue weighted by Gasteiger charge is 2.32. The molecule has 0 radical (unpaired) electrons. The predicted octanol–water partition coefficient (Wildman–Crippen LogP) is 3.86. The lowest BCUT2D eigenvalue weighted by Gasteiger charge is -2.20. The third-order valence-electron chi connectivity index (χ3n) is 4.59. The molecule has 2 amide bonds. The van der Waals surface area contributed by atoms with E-state index in [4.69, 9.17) is 4.74 Å². The number of amides is 2. The van der Waals surface area contributed by atoms with E-state index in [2.05, 4.69) is 16.9 Å². The largest absolute Gasteiger partial charge is 0.497 e. The average Bonchev–Trinajstić information content (AvgIpc) is 3.07. The van der Waals surface area contributed by atoms with Gasteiger partial charge in [-0.1, -0.05) is 60.3 Å². The van der Waals surface area contributed by atoms with Crippen LogP contribution in [-0.4, -0.2) is 40.8 Å². The zero-order valence-electron chi connectivity index (χ0n) is 17.6. The lowest BCUT2D eigenvalue weighted by Crippen LogP contribution is -2.35. The molecule has 0 aliphatic carbocycles. The van der Waals surface area contributed by atoms with Crippen molar-refractivity contribution in [1.29, 1.82) is 0 Å². The number of nitrogens with zero attached hydrogens (tertiary/aromatic N) is 2. The van der Waals surface area contributed by atoms with Gasteiger partial charge in [-0.3, -0.25) is 14.5 Å². The molecule has 6 nitrogen and oxygen atoms in total. The summed E-state index contributed by atoms with van der Waals surface area (Å²) in [6.07, 6.45) is 3.37. The van der Waals surface area contributed by atoms with Gasteiger partial charge in [0.15, 0.2) is 5.17 Å². The standard InChI is InChI=1S/C24H25N3O3S/c1-4-14-25-22(28)17(2)31-24-26-21(15-18-10-12-20(30-3)13-11-18)23(29)27(24)16-19-8-6-5-7-9-19/h4-13,15,17H,1,14,16H2,2-3H3,(H,25,28)/b21-15-. The number of ether oxygens (including phenoxy) is 1. The highest BCUT2D eigenvalue weighted by Crippen LogP contribution is 2.28. The van der Waals surface area contributed by atoms with Gasteiger partial charge in [0.1, 0.15) is 11.4 Å². The van der Waals surface area contributed by atoms with Crippen molar-refractivity contribution in [1.82, 2.24) is 10.2 Å². The number of carbonyl (C=O) groups excluding carboxylic acids is 2. The van der Waals surface area contributed by atoms with Crippen molar-refractivity contribution < 1.29 is 14.3 Å². The van der Waals surface area contributed by atoms with E-state index in [1.807, 2.05) is 54.6 Å². The number of benzene rings is 2. The van der Waals surface area contributed by atoms with Gasteiger partial charge >= 0.3 is 0 Å². The smallest absolute Gasteiger partial charge is 0.278 e. The van der Waals surface area contributed by atoms with Gasteiger partial charge in [-0.05, 0) is 36.3 Å². The Hall–Kier alpha value is -3.32. The molecule has 1 unspecified atom stereocenters. The average molecular weight is 436 g/mol. The molecule has 1 aliphatic heterocycles. The summed E-state index contributed by atoms with van der Waals surface area (Å²) < 4.78 is 5.18. The SMILES string of the molecule is C=CCNC(=O)C(C)SC1=N/C(=C\c2ccc(OC)cc2)C(=O)N1Cc1ccccc1. The topological polar surface area (TPSA) is 71.0 Å². The van der Waals surface area contributed by atoms with Crippen LogP contribution in [-0.2, 0) is 16.1 Å². The molecule has 1 aliphatic rings. The Balaban J connectivity index is 1.86. The Morgan fingerprint density at radius 2 is 1.94 bits per heavy atom. The van der Waals surface area contributed by atoms with Gasteiger partial charge in [-0.25, -0.2) is 4.99 Å². The molecule has 0 spiro atoms. The number of aliphatic imine (C=N–C) groups is 1. The molecule has 0 aromatic heterocycles. The highest BCUT2D eigenvalue weighted by atomic mass is 32.2. The summed E-state index contributed by atoms with van der Waals surface area (Å²) in [4.78, 5) is 31.7. The number of methoxy groups -OCH3 is 1. The maximum Gasteiger partial charge on any atom is 0.278 e. The Morgan fingerprint density at radius 3 is 2.58 bits per heavy atom. The van der Waals surface area contributed by atoms with Crippen LogP contribution < -0.4 is 10.1 Å². The fourth-order valence-corrected chi connectivity index (χ4v) is 3.84. The van der Waals surface area contributed by atoms with Crippen LogP contribution in [0.1, 0.15) is 18.1 Å². The van der Waals surface area contributed by atoms with Crippen LogP contribution in [0.15, 0.2) is 77.9 Å². The first kappa shape index (κ1) is 22.4. The van der Waals surface area contributed by atoms with E-state index in [-0.39, 0.29) is 11.8 Å². The van der Waals surface area contributed by atoms with Crippen molar-refractivity contribution in [2.45, 2.75) is 18.7 Å². The summed E-state index contributed by atoms with van der Waals surface area (Å²) in [6, 6.07) is 17.1. The minimum atomic E-state index is -0.412.